The Labute approximate surface area is 132 Å². The second-order valence-corrected chi connectivity index (χ2v) is 6.17. The number of hydrogen-bond donors (Lipinski definition) is 1. The maximum Gasteiger partial charge on any atom is 0.190 e. The van der Waals surface area contributed by atoms with Crippen molar-refractivity contribution in [2.75, 3.05) is 6.54 Å². The third kappa shape index (κ3) is 2.68. The Morgan fingerprint density at radius 2 is 2.29 bits per heavy atom. The van der Waals surface area contributed by atoms with E-state index in [2.05, 4.69) is 45.4 Å². The molecule has 0 fully saturated rings. The van der Waals surface area contributed by atoms with E-state index in [4.69, 9.17) is 0 Å². The first-order valence-electron chi connectivity index (χ1n) is 7.26. The molecule has 1 aromatic carbocycles. The summed E-state index contributed by atoms with van der Waals surface area (Å²) in [5.41, 5.74) is 3.03. The van der Waals surface area contributed by atoms with Crippen LogP contribution in [0, 0.1) is 0 Å². The molecule has 1 N–H and O–H groups in total. The van der Waals surface area contributed by atoms with Crippen LogP contribution in [0.2, 0.25) is 0 Å². The number of nitrogens with zero attached hydrogens (tertiary/aromatic N) is 2. The van der Waals surface area contributed by atoms with Gasteiger partial charge in [-0.3, -0.25) is 9.48 Å². The van der Waals surface area contributed by atoms with Crippen molar-refractivity contribution in [2.24, 2.45) is 0 Å². The predicted octanol–water partition coefficient (Wildman–Crippen LogP) is 3.13. The van der Waals surface area contributed by atoms with Crippen LogP contribution < -0.4 is 5.32 Å². The summed E-state index contributed by atoms with van der Waals surface area (Å²) < 4.78 is 2.59. The maximum absolute atomic E-state index is 13.0. The molecule has 0 aliphatic carbocycles. The summed E-state index contributed by atoms with van der Waals surface area (Å²) in [4.78, 5) is 13.0. The smallest absolute Gasteiger partial charge is 0.190 e. The van der Waals surface area contributed by atoms with Gasteiger partial charge in [0.15, 0.2) is 5.78 Å². The van der Waals surface area contributed by atoms with Gasteiger partial charge in [-0.15, -0.1) is 0 Å². The number of nitrogens with one attached hydrogen (secondary N) is 1. The van der Waals surface area contributed by atoms with Crippen molar-refractivity contribution in [2.45, 2.75) is 32.4 Å². The second kappa shape index (κ2) is 6.12. The zero-order chi connectivity index (χ0) is 14.8. The molecule has 0 spiro atoms. The van der Waals surface area contributed by atoms with Gasteiger partial charge in [0, 0.05) is 19.6 Å². The van der Waals surface area contributed by atoms with Crippen molar-refractivity contribution in [3.8, 4) is 0 Å². The molecule has 0 radical (unpaired) electrons. The van der Waals surface area contributed by atoms with Gasteiger partial charge in [-0.05, 0) is 33.5 Å². The molecule has 0 amide bonds. The Kier molecular flexibility index (Phi) is 4.22. The number of rotatable bonds is 4. The predicted molar refractivity (Wildman–Crippen MR) is 85.4 cm³/mol. The molecular weight excluding hydrogens is 330 g/mol. The summed E-state index contributed by atoms with van der Waals surface area (Å²) in [6.07, 6.45) is 2.67. The molecule has 1 unspecified atom stereocenters. The van der Waals surface area contributed by atoms with Crippen LogP contribution in [0.5, 0.6) is 0 Å². The van der Waals surface area contributed by atoms with Gasteiger partial charge in [0.05, 0.1) is 16.6 Å². The second-order valence-electron chi connectivity index (χ2n) is 5.31. The van der Waals surface area contributed by atoms with Crippen molar-refractivity contribution < 1.29 is 4.79 Å². The third-order valence-electron chi connectivity index (χ3n) is 3.87. The van der Waals surface area contributed by atoms with Gasteiger partial charge in [0.2, 0.25) is 0 Å². The summed E-state index contributed by atoms with van der Waals surface area (Å²) in [5, 5.41) is 7.64. The van der Waals surface area contributed by atoms with E-state index >= 15 is 0 Å². The van der Waals surface area contributed by atoms with Crippen LogP contribution in [0.3, 0.4) is 0 Å². The molecule has 1 aliphatic rings. The Hall–Kier alpha value is -1.46. The number of hydrogen-bond acceptors (Lipinski definition) is 3. The minimum atomic E-state index is -0.140. The van der Waals surface area contributed by atoms with Crippen molar-refractivity contribution in [3.63, 3.8) is 0 Å². The Balaban J connectivity index is 1.99. The zero-order valence-corrected chi connectivity index (χ0v) is 13.6. The van der Waals surface area contributed by atoms with Gasteiger partial charge in [-0.1, -0.05) is 31.2 Å². The molecule has 0 saturated heterocycles. The number of fused-ring (bicyclic) bond motifs is 1. The van der Waals surface area contributed by atoms with E-state index in [0.717, 1.165) is 29.5 Å². The maximum atomic E-state index is 13.0. The standard InChI is InChI=1S/C16H18BrN3O/c1-2-7-20-15(14(17)10-19-20)16(21)13-9-18-8-11-5-3-4-6-12(11)13/h3-6,10,13,18H,2,7-9H2,1H3. The number of carbonyl (C=O) groups is 1. The van der Waals surface area contributed by atoms with Crippen LogP contribution in [-0.2, 0) is 13.1 Å². The molecule has 1 atom stereocenters. The van der Waals surface area contributed by atoms with Crippen molar-refractivity contribution in [3.05, 3.63) is 51.8 Å². The van der Waals surface area contributed by atoms with Gasteiger partial charge < -0.3 is 5.32 Å². The molecule has 4 nitrogen and oxygen atoms in total. The number of Topliss-reactive ketones (excluding diaryl/α,β-unsaturated/α-hetero) is 1. The molecule has 0 saturated carbocycles. The molecule has 0 bridgehead atoms. The normalized spacial score (nSPS) is 17.5. The fourth-order valence-electron chi connectivity index (χ4n) is 2.88. The van der Waals surface area contributed by atoms with Gasteiger partial charge >= 0.3 is 0 Å². The van der Waals surface area contributed by atoms with Gasteiger partial charge in [0.1, 0.15) is 5.69 Å². The van der Waals surface area contributed by atoms with E-state index < -0.39 is 0 Å². The first kappa shape index (κ1) is 14.5. The van der Waals surface area contributed by atoms with Gasteiger partial charge in [0.25, 0.3) is 0 Å². The lowest BCUT2D eigenvalue weighted by atomic mass is 9.86. The van der Waals surface area contributed by atoms with Crippen molar-refractivity contribution in [1.29, 1.82) is 0 Å². The minimum absolute atomic E-state index is 0.132. The zero-order valence-electron chi connectivity index (χ0n) is 12.0. The Morgan fingerprint density at radius 1 is 1.48 bits per heavy atom. The quantitative estimate of drug-likeness (QED) is 0.864. The average molecular weight is 348 g/mol. The highest BCUT2D eigenvalue weighted by Gasteiger charge is 2.30. The van der Waals surface area contributed by atoms with Crippen LogP contribution in [0.1, 0.15) is 40.9 Å². The third-order valence-corrected chi connectivity index (χ3v) is 4.45. The monoisotopic (exact) mass is 347 g/mol. The van der Waals surface area contributed by atoms with Crippen molar-refractivity contribution in [1.82, 2.24) is 15.1 Å². The molecule has 1 aromatic heterocycles. The number of ketones is 1. The van der Waals surface area contributed by atoms with Crippen LogP contribution in [-0.4, -0.2) is 22.1 Å². The average Bonchev–Trinajstić information content (AvgIpc) is 2.87. The number of halogens is 1. The number of aromatic nitrogens is 2. The first-order chi connectivity index (χ1) is 10.2. The SMILES string of the molecule is CCCn1ncc(Br)c1C(=O)C1CNCc2ccccc21. The van der Waals surface area contributed by atoms with E-state index in [1.54, 1.807) is 6.20 Å². The number of benzene rings is 1. The highest BCUT2D eigenvalue weighted by atomic mass is 79.9. The Morgan fingerprint density at radius 3 is 3.10 bits per heavy atom. The molecule has 21 heavy (non-hydrogen) atoms. The summed E-state index contributed by atoms with van der Waals surface area (Å²) >= 11 is 3.47. The van der Waals surface area contributed by atoms with E-state index in [1.807, 2.05) is 16.8 Å². The topological polar surface area (TPSA) is 46.9 Å². The van der Waals surface area contributed by atoms with Gasteiger partial charge in [-0.2, -0.15) is 5.10 Å². The molecule has 3 rings (SSSR count). The molecular formula is C16H18BrN3O. The van der Waals surface area contributed by atoms with Crippen LogP contribution in [0.25, 0.3) is 0 Å². The molecule has 5 heteroatoms. The Bertz CT molecular complexity index is 665. The fraction of sp³-hybridized carbons (Fsp3) is 0.375. The molecule has 110 valence electrons. The number of carbonyl (C=O) groups excluding carboxylic acids is 1. The lowest BCUT2D eigenvalue weighted by Gasteiger charge is -2.25. The summed E-state index contributed by atoms with van der Waals surface area (Å²) in [6, 6.07) is 8.17. The number of aryl methyl sites for hydroxylation is 1. The first-order valence-corrected chi connectivity index (χ1v) is 8.05. The van der Waals surface area contributed by atoms with Crippen LogP contribution in [0.4, 0.5) is 0 Å². The summed E-state index contributed by atoms with van der Waals surface area (Å²) in [7, 11) is 0. The summed E-state index contributed by atoms with van der Waals surface area (Å²) in [5.74, 6) is -0.00830. The van der Waals surface area contributed by atoms with E-state index in [1.165, 1.54) is 5.56 Å². The lowest BCUT2D eigenvalue weighted by Crippen LogP contribution is -2.33. The fourth-order valence-corrected chi connectivity index (χ4v) is 3.38. The van der Waals surface area contributed by atoms with E-state index in [0.29, 0.717) is 12.2 Å². The highest BCUT2D eigenvalue weighted by molar-refractivity contribution is 9.10. The molecule has 2 heterocycles. The minimum Gasteiger partial charge on any atom is -0.312 e. The highest BCUT2D eigenvalue weighted by Crippen LogP contribution is 2.29. The van der Waals surface area contributed by atoms with Crippen LogP contribution >= 0.6 is 15.9 Å². The van der Waals surface area contributed by atoms with Gasteiger partial charge in [-0.25, -0.2) is 0 Å². The van der Waals surface area contributed by atoms with Crippen LogP contribution in [0.15, 0.2) is 34.9 Å². The largest absolute Gasteiger partial charge is 0.312 e. The van der Waals surface area contributed by atoms with E-state index in [-0.39, 0.29) is 11.7 Å². The molecule has 2 aromatic rings. The lowest BCUT2D eigenvalue weighted by molar-refractivity contribution is 0.0943. The van der Waals surface area contributed by atoms with Crippen molar-refractivity contribution >= 4 is 21.7 Å². The van der Waals surface area contributed by atoms with E-state index in [9.17, 15) is 4.79 Å². The summed E-state index contributed by atoms with van der Waals surface area (Å²) in [6.45, 7) is 4.35. The molecule has 1 aliphatic heterocycles.